The van der Waals surface area contributed by atoms with E-state index >= 15 is 0 Å². The third-order valence-electron chi connectivity index (χ3n) is 4.92. The quantitative estimate of drug-likeness (QED) is 0.584. The first-order valence-electron chi connectivity index (χ1n) is 9.71. The lowest BCUT2D eigenvalue weighted by molar-refractivity contribution is -0.123. The topological polar surface area (TPSA) is 116 Å². The maximum absolute atomic E-state index is 12.6. The van der Waals surface area contributed by atoms with Crippen LogP contribution < -0.4 is 15.4 Å². The number of methoxy groups -OCH3 is 1. The van der Waals surface area contributed by atoms with Gasteiger partial charge in [0.15, 0.2) is 0 Å². The van der Waals surface area contributed by atoms with Crippen molar-refractivity contribution in [3.8, 4) is 17.0 Å². The van der Waals surface area contributed by atoms with Crippen LogP contribution in [0.5, 0.6) is 5.75 Å². The molecule has 2 heterocycles. The minimum Gasteiger partial charge on any atom is -0.496 e. The maximum Gasteiger partial charge on any atom is 0.273 e. The Morgan fingerprint density at radius 3 is 2.65 bits per heavy atom. The lowest BCUT2D eigenvalue weighted by Crippen LogP contribution is -2.49. The molecule has 0 saturated carbocycles. The van der Waals surface area contributed by atoms with Gasteiger partial charge in [-0.2, -0.15) is 5.10 Å². The second kappa shape index (κ2) is 8.70. The zero-order valence-corrected chi connectivity index (χ0v) is 16.8. The minimum atomic E-state index is -0.361. The van der Waals surface area contributed by atoms with Gasteiger partial charge in [0.2, 0.25) is 5.91 Å². The molecule has 3 aromatic rings. The number of aromatic amines is 1. The summed E-state index contributed by atoms with van der Waals surface area (Å²) < 4.78 is 5.34. The molecule has 1 aromatic heterocycles. The number of rotatable bonds is 5. The monoisotopic (exact) mass is 419 g/mol. The van der Waals surface area contributed by atoms with E-state index in [1.165, 1.54) is 4.90 Å². The Hall–Kier alpha value is -4.14. The number of carbonyl (C=O) groups is 3. The molecule has 0 aliphatic carbocycles. The summed E-state index contributed by atoms with van der Waals surface area (Å²) in [4.78, 5) is 38.1. The van der Waals surface area contributed by atoms with Crippen molar-refractivity contribution < 1.29 is 19.1 Å². The Kier molecular flexibility index (Phi) is 5.65. The van der Waals surface area contributed by atoms with Crippen LogP contribution in [0.3, 0.4) is 0 Å². The van der Waals surface area contributed by atoms with E-state index in [1.807, 2.05) is 24.3 Å². The zero-order chi connectivity index (χ0) is 21.8. The minimum absolute atomic E-state index is 0.0473. The molecular formula is C22H21N5O4. The number of nitrogens with zero attached hydrogens (tertiary/aromatic N) is 2. The third-order valence-corrected chi connectivity index (χ3v) is 4.92. The van der Waals surface area contributed by atoms with Gasteiger partial charge in [-0.1, -0.05) is 12.1 Å². The van der Waals surface area contributed by atoms with E-state index in [9.17, 15) is 14.4 Å². The molecule has 3 N–H and O–H groups in total. The number of H-pyrrole nitrogens is 1. The second-order valence-electron chi connectivity index (χ2n) is 6.98. The molecule has 158 valence electrons. The lowest BCUT2D eigenvalue weighted by atomic mass is 10.1. The fraction of sp³-hybridized carbons (Fsp3) is 0.182. The van der Waals surface area contributed by atoms with Gasteiger partial charge in [0.1, 0.15) is 11.4 Å². The summed E-state index contributed by atoms with van der Waals surface area (Å²) in [6.07, 6.45) is 0. The van der Waals surface area contributed by atoms with Crippen LogP contribution in [0.4, 0.5) is 5.69 Å². The van der Waals surface area contributed by atoms with Crippen molar-refractivity contribution in [2.75, 3.05) is 32.1 Å². The second-order valence-corrected chi connectivity index (χ2v) is 6.98. The van der Waals surface area contributed by atoms with Crippen molar-refractivity contribution in [3.05, 3.63) is 65.9 Å². The van der Waals surface area contributed by atoms with Crippen LogP contribution in [0.2, 0.25) is 0 Å². The highest BCUT2D eigenvalue weighted by Crippen LogP contribution is 2.28. The lowest BCUT2D eigenvalue weighted by Gasteiger charge is -2.26. The van der Waals surface area contributed by atoms with E-state index in [2.05, 4.69) is 20.8 Å². The number of anilines is 1. The van der Waals surface area contributed by atoms with Gasteiger partial charge in [-0.3, -0.25) is 19.5 Å². The number of ether oxygens (including phenoxy) is 1. The van der Waals surface area contributed by atoms with E-state index in [0.717, 1.165) is 5.56 Å². The van der Waals surface area contributed by atoms with Crippen LogP contribution >= 0.6 is 0 Å². The van der Waals surface area contributed by atoms with Gasteiger partial charge in [-0.25, -0.2) is 0 Å². The van der Waals surface area contributed by atoms with E-state index in [-0.39, 0.29) is 24.3 Å². The van der Waals surface area contributed by atoms with E-state index in [1.54, 1.807) is 37.4 Å². The summed E-state index contributed by atoms with van der Waals surface area (Å²) in [6, 6.07) is 15.6. The summed E-state index contributed by atoms with van der Waals surface area (Å²) in [7, 11) is 1.58. The smallest absolute Gasteiger partial charge is 0.273 e. The number of nitrogens with one attached hydrogen (secondary N) is 3. The first-order valence-corrected chi connectivity index (χ1v) is 9.71. The molecule has 1 fully saturated rings. The van der Waals surface area contributed by atoms with Crippen molar-refractivity contribution in [1.29, 1.82) is 0 Å². The maximum atomic E-state index is 12.6. The van der Waals surface area contributed by atoms with Crippen molar-refractivity contribution in [1.82, 2.24) is 20.4 Å². The average Bonchev–Trinajstić information content (AvgIpc) is 3.29. The van der Waals surface area contributed by atoms with Gasteiger partial charge in [-0.15, -0.1) is 0 Å². The normalized spacial score (nSPS) is 13.5. The molecule has 31 heavy (non-hydrogen) atoms. The Labute approximate surface area is 178 Å². The zero-order valence-electron chi connectivity index (χ0n) is 16.8. The highest BCUT2D eigenvalue weighted by Gasteiger charge is 2.22. The van der Waals surface area contributed by atoms with Crippen LogP contribution in [-0.4, -0.2) is 59.6 Å². The van der Waals surface area contributed by atoms with Crippen molar-refractivity contribution in [2.45, 2.75) is 0 Å². The van der Waals surface area contributed by atoms with Crippen LogP contribution in [0.25, 0.3) is 11.3 Å². The van der Waals surface area contributed by atoms with Crippen molar-refractivity contribution in [2.24, 2.45) is 0 Å². The first kappa shape index (κ1) is 20.1. The third kappa shape index (κ3) is 4.40. The van der Waals surface area contributed by atoms with Gasteiger partial charge in [0, 0.05) is 29.9 Å². The van der Waals surface area contributed by atoms with E-state index < -0.39 is 0 Å². The molecule has 1 aliphatic heterocycles. The van der Waals surface area contributed by atoms with Crippen molar-refractivity contribution >= 4 is 23.4 Å². The Balaban J connectivity index is 1.43. The standard InChI is InChI=1S/C22H21N5O4/c1-31-19-5-3-2-4-16(19)17-12-18(26-25-17)21(29)24-15-8-6-14(7-9-15)22(30)27-11-10-23-20(28)13-27/h2-9,12H,10-11,13H2,1H3,(H,23,28)(H,24,29)(H,25,26). The molecule has 4 rings (SSSR count). The SMILES string of the molecule is COc1ccccc1-c1cc(C(=O)Nc2ccc(C(=O)N3CCNC(=O)C3)cc2)[nH]n1. The van der Waals surface area contributed by atoms with Gasteiger partial charge >= 0.3 is 0 Å². The molecule has 0 bridgehead atoms. The van der Waals surface area contributed by atoms with Crippen molar-refractivity contribution in [3.63, 3.8) is 0 Å². The summed E-state index contributed by atoms with van der Waals surface area (Å²) in [5.41, 5.74) is 2.64. The summed E-state index contributed by atoms with van der Waals surface area (Å²) in [5, 5.41) is 12.4. The summed E-state index contributed by atoms with van der Waals surface area (Å²) >= 11 is 0. The Morgan fingerprint density at radius 1 is 1.13 bits per heavy atom. The molecule has 9 heteroatoms. The van der Waals surface area contributed by atoms with Gasteiger partial charge in [-0.05, 0) is 42.5 Å². The molecule has 0 atom stereocenters. The number of hydrogen-bond acceptors (Lipinski definition) is 5. The number of amides is 3. The van der Waals surface area contributed by atoms with Gasteiger partial charge in [0.25, 0.3) is 11.8 Å². The fourth-order valence-corrected chi connectivity index (χ4v) is 3.32. The van der Waals surface area contributed by atoms with Crippen LogP contribution in [-0.2, 0) is 4.79 Å². The highest BCUT2D eigenvalue weighted by molar-refractivity contribution is 6.04. The van der Waals surface area contributed by atoms with Gasteiger partial charge < -0.3 is 20.3 Å². The molecule has 1 aliphatic rings. The molecule has 2 aromatic carbocycles. The number of benzene rings is 2. The first-order chi connectivity index (χ1) is 15.0. The van der Waals surface area contributed by atoms with Crippen LogP contribution in [0, 0.1) is 0 Å². The molecular weight excluding hydrogens is 398 g/mol. The number of carbonyl (C=O) groups excluding carboxylic acids is 3. The molecule has 9 nitrogen and oxygen atoms in total. The predicted molar refractivity (Wildman–Crippen MR) is 114 cm³/mol. The van der Waals surface area contributed by atoms with E-state index in [4.69, 9.17) is 4.74 Å². The fourth-order valence-electron chi connectivity index (χ4n) is 3.32. The average molecular weight is 419 g/mol. The Bertz CT molecular complexity index is 1120. The number of para-hydroxylation sites is 1. The number of piperazine rings is 1. The molecule has 1 saturated heterocycles. The summed E-state index contributed by atoms with van der Waals surface area (Å²) in [5.74, 6) is -0.0916. The molecule has 0 radical (unpaired) electrons. The van der Waals surface area contributed by atoms with Crippen LogP contribution in [0.15, 0.2) is 54.6 Å². The molecule has 0 spiro atoms. The number of aromatic nitrogens is 2. The summed E-state index contributed by atoms with van der Waals surface area (Å²) in [6.45, 7) is 0.961. The highest BCUT2D eigenvalue weighted by atomic mass is 16.5. The van der Waals surface area contributed by atoms with Crippen LogP contribution in [0.1, 0.15) is 20.8 Å². The Morgan fingerprint density at radius 2 is 1.90 bits per heavy atom. The largest absolute Gasteiger partial charge is 0.496 e. The number of hydrogen-bond donors (Lipinski definition) is 3. The molecule has 3 amide bonds. The van der Waals surface area contributed by atoms with E-state index in [0.29, 0.717) is 41.5 Å². The molecule has 0 unspecified atom stereocenters. The van der Waals surface area contributed by atoms with Gasteiger partial charge in [0.05, 0.1) is 19.3 Å². The predicted octanol–water partition coefficient (Wildman–Crippen LogP) is 1.91.